The lowest BCUT2D eigenvalue weighted by molar-refractivity contribution is 0.632. The Bertz CT molecular complexity index is 377. The minimum atomic E-state index is -1.46. The van der Waals surface area contributed by atoms with E-state index < -0.39 is 16.5 Å². The monoisotopic (exact) mass is 280 g/mol. The predicted octanol–water partition coefficient (Wildman–Crippen LogP) is 1.63. The lowest BCUT2D eigenvalue weighted by atomic mass is 10.4. The van der Waals surface area contributed by atoms with E-state index in [1.807, 2.05) is 0 Å². The fourth-order valence-corrected chi connectivity index (χ4v) is 5.00. The van der Waals surface area contributed by atoms with Crippen LogP contribution in [-0.4, -0.2) is 53.8 Å². The van der Waals surface area contributed by atoms with Gasteiger partial charge >= 0.3 is 0 Å². The van der Waals surface area contributed by atoms with Crippen LogP contribution in [0.15, 0.2) is 24.3 Å². The smallest absolute Gasteiger partial charge is 0.153 e. The Kier molecular flexibility index (Phi) is 4.59. The van der Waals surface area contributed by atoms with Crippen LogP contribution in [0, 0.1) is 0 Å². The number of benzene rings is 1. The summed E-state index contributed by atoms with van der Waals surface area (Å²) in [7, 11) is 5.88. The van der Waals surface area contributed by atoms with Gasteiger partial charge in [-0.1, -0.05) is 50.5 Å². The molecule has 0 bridgehead atoms. The standard InChI is InChI=1S/C14H28N2Si2/c1-15(2)17(5,6)13-10-9-11-14(12-13)18(7,8)16(3)4/h9-12H,1-8H3. The van der Waals surface area contributed by atoms with Crippen molar-refractivity contribution >= 4 is 26.8 Å². The molecule has 4 heteroatoms. The third-order valence-corrected chi connectivity index (χ3v) is 12.4. The molecule has 0 aliphatic rings. The zero-order chi connectivity index (χ0) is 14.1. The molecule has 18 heavy (non-hydrogen) atoms. The number of rotatable bonds is 4. The van der Waals surface area contributed by atoms with Crippen molar-refractivity contribution in [1.29, 1.82) is 0 Å². The second kappa shape index (κ2) is 5.29. The van der Waals surface area contributed by atoms with Crippen LogP contribution in [0.4, 0.5) is 0 Å². The van der Waals surface area contributed by atoms with Gasteiger partial charge in [-0.15, -0.1) is 0 Å². The summed E-state index contributed by atoms with van der Waals surface area (Å²) in [6.45, 7) is 9.65. The van der Waals surface area contributed by atoms with Crippen molar-refractivity contribution in [3.63, 3.8) is 0 Å². The molecule has 0 amide bonds. The molecule has 0 saturated heterocycles. The molecule has 0 spiro atoms. The van der Waals surface area contributed by atoms with Crippen molar-refractivity contribution in [2.75, 3.05) is 28.2 Å². The Labute approximate surface area is 115 Å². The topological polar surface area (TPSA) is 6.48 Å². The summed E-state index contributed by atoms with van der Waals surface area (Å²) in [6.07, 6.45) is 0. The number of nitrogens with zero attached hydrogens (tertiary/aromatic N) is 2. The zero-order valence-corrected chi connectivity index (χ0v) is 15.2. The first-order valence-corrected chi connectivity index (χ1v) is 12.5. The molecule has 1 aromatic rings. The largest absolute Gasteiger partial charge is 0.326 e. The van der Waals surface area contributed by atoms with Crippen LogP contribution in [0.2, 0.25) is 26.2 Å². The van der Waals surface area contributed by atoms with Crippen LogP contribution in [-0.2, 0) is 0 Å². The SMILES string of the molecule is CN(C)[Si](C)(C)c1cccc([Si](C)(C)N(C)C)c1. The molecular formula is C14H28N2Si2. The van der Waals surface area contributed by atoms with E-state index in [1.54, 1.807) is 0 Å². The van der Waals surface area contributed by atoms with E-state index in [0.717, 1.165) is 0 Å². The van der Waals surface area contributed by atoms with E-state index in [-0.39, 0.29) is 0 Å². The van der Waals surface area contributed by atoms with E-state index in [9.17, 15) is 0 Å². The average Bonchev–Trinajstić information content (AvgIpc) is 2.28. The molecule has 1 aromatic carbocycles. The van der Waals surface area contributed by atoms with Gasteiger partial charge in [0.25, 0.3) is 0 Å². The summed E-state index contributed by atoms with van der Waals surface area (Å²) in [5.41, 5.74) is 0. The van der Waals surface area contributed by atoms with E-state index in [0.29, 0.717) is 0 Å². The molecule has 1 rings (SSSR count). The first kappa shape index (κ1) is 15.6. The predicted molar refractivity (Wildman–Crippen MR) is 88.0 cm³/mol. The van der Waals surface area contributed by atoms with Crippen molar-refractivity contribution in [3.05, 3.63) is 24.3 Å². The average molecular weight is 281 g/mol. The maximum absolute atomic E-state index is 2.46. The maximum atomic E-state index is 2.46. The molecule has 2 nitrogen and oxygen atoms in total. The van der Waals surface area contributed by atoms with E-state index >= 15 is 0 Å². The van der Waals surface area contributed by atoms with Crippen molar-refractivity contribution in [2.24, 2.45) is 0 Å². The van der Waals surface area contributed by atoms with Gasteiger partial charge in [-0.05, 0) is 38.6 Å². The highest BCUT2D eigenvalue weighted by molar-refractivity contribution is 6.90. The van der Waals surface area contributed by atoms with Crippen LogP contribution in [0.3, 0.4) is 0 Å². The van der Waals surface area contributed by atoms with Crippen molar-refractivity contribution in [2.45, 2.75) is 26.2 Å². The van der Waals surface area contributed by atoms with Crippen LogP contribution < -0.4 is 10.4 Å². The number of hydrogen-bond acceptors (Lipinski definition) is 2. The fraction of sp³-hybridized carbons (Fsp3) is 0.571. The van der Waals surface area contributed by atoms with Crippen molar-refractivity contribution in [3.8, 4) is 0 Å². The Balaban J connectivity index is 3.23. The van der Waals surface area contributed by atoms with Gasteiger partial charge in [0.05, 0.1) is 0 Å². The second-order valence-corrected chi connectivity index (χ2v) is 15.7. The summed E-state index contributed by atoms with van der Waals surface area (Å²) in [5.74, 6) is 0. The van der Waals surface area contributed by atoms with Gasteiger partial charge in [0.1, 0.15) is 0 Å². The van der Waals surface area contributed by atoms with Crippen LogP contribution in [0.5, 0.6) is 0 Å². The molecule has 0 N–H and O–H groups in total. The molecule has 0 fully saturated rings. The minimum Gasteiger partial charge on any atom is -0.326 e. The summed E-state index contributed by atoms with van der Waals surface area (Å²) in [6, 6.07) is 9.30. The quantitative estimate of drug-likeness (QED) is 0.774. The van der Waals surface area contributed by atoms with Crippen molar-refractivity contribution < 1.29 is 0 Å². The molecule has 0 unspecified atom stereocenters. The first-order valence-electron chi connectivity index (χ1n) is 6.56. The Hall–Kier alpha value is -0.426. The fourth-order valence-electron chi connectivity index (χ4n) is 1.80. The molecule has 0 heterocycles. The van der Waals surface area contributed by atoms with Crippen LogP contribution >= 0.6 is 0 Å². The molecule has 102 valence electrons. The van der Waals surface area contributed by atoms with Gasteiger partial charge in [0.15, 0.2) is 16.5 Å². The summed E-state index contributed by atoms with van der Waals surface area (Å²) in [5, 5.41) is 3.07. The summed E-state index contributed by atoms with van der Waals surface area (Å²) >= 11 is 0. The Morgan fingerprint density at radius 1 is 0.722 bits per heavy atom. The van der Waals surface area contributed by atoms with Gasteiger partial charge in [-0.3, -0.25) is 0 Å². The van der Waals surface area contributed by atoms with Gasteiger partial charge in [-0.2, -0.15) is 0 Å². The third kappa shape index (κ3) is 2.93. The lowest BCUT2D eigenvalue weighted by Crippen LogP contribution is -2.59. The summed E-state index contributed by atoms with van der Waals surface area (Å²) < 4.78 is 4.83. The lowest BCUT2D eigenvalue weighted by Gasteiger charge is -2.34. The highest BCUT2D eigenvalue weighted by Crippen LogP contribution is 2.09. The molecular weight excluding hydrogens is 252 g/mol. The molecule has 0 aliphatic carbocycles. The highest BCUT2D eigenvalue weighted by atomic mass is 28.3. The van der Waals surface area contributed by atoms with Gasteiger partial charge in [-0.25, -0.2) is 0 Å². The van der Waals surface area contributed by atoms with E-state index in [4.69, 9.17) is 0 Å². The third-order valence-electron chi connectivity index (χ3n) is 4.51. The highest BCUT2D eigenvalue weighted by Gasteiger charge is 2.30. The Morgan fingerprint density at radius 2 is 1.06 bits per heavy atom. The van der Waals surface area contributed by atoms with Gasteiger partial charge in [0, 0.05) is 0 Å². The van der Waals surface area contributed by atoms with Crippen LogP contribution in [0.1, 0.15) is 0 Å². The second-order valence-electron chi connectivity index (χ2n) is 6.49. The van der Waals surface area contributed by atoms with Gasteiger partial charge in [0.2, 0.25) is 0 Å². The first-order chi connectivity index (χ1) is 8.10. The zero-order valence-electron chi connectivity index (χ0n) is 13.2. The Morgan fingerprint density at radius 3 is 1.33 bits per heavy atom. The van der Waals surface area contributed by atoms with Crippen LogP contribution in [0.25, 0.3) is 0 Å². The van der Waals surface area contributed by atoms with Crippen molar-refractivity contribution in [1.82, 2.24) is 9.13 Å². The molecule has 0 radical (unpaired) electrons. The molecule has 0 aromatic heterocycles. The van der Waals surface area contributed by atoms with E-state index in [1.165, 1.54) is 10.4 Å². The molecule has 0 saturated carbocycles. The minimum absolute atomic E-state index is 1.46. The van der Waals surface area contributed by atoms with Gasteiger partial charge < -0.3 is 9.13 Å². The van der Waals surface area contributed by atoms with E-state index in [2.05, 4.69) is 87.8 Å². The normalized spacial score (nSPS) is 13.4. The summed E-state index contributed by atoms with van der Waals surface area (Å²) in [4.78, 5) is 0. The maximum Gasteiger partial charge on any atom is 0.153 e. The molecule has 0 aliphatic heterocycles. The number of hydrogen-bond donors (Lipinski definition) is 0. The molecule has 0 atom stereocenters.